The van der Waals surface area contributed by atoms with E-state index < -0.39 is 0 Å². The minimum Gasteiger partial charge on any atom is -0.126 e. The first-order valence-electron chi connectivity index (χ1n) is 1.04. The van der Waals surface area contributed by atoms with E-state index in [1.54, 1.807) is 7.05 Å². The first-order valence-corrected chi connectivity index (χ1v) is 1.04. The van der Waals surface area contributed by atoms with Crippen LogP contribution >= 0.6 is 0 Å². The molecule has 0 amide bonds. The second-order valence-electron chi connectivity index (χ2n) is 0.365. The summed E-state index contributed by atoms with van der Waals surface area (Å²) in [5.74, 6) is 0. The van der Waals surface area contributed by atoms with Crippen molar-refractivity contribution in [3.05, 3.63) is 4.54 Å². The van der Waals surface area contributed by atoms with Crippen molar-refractivity contribution in [3.63, 3.8) is 0 Å². The van der Waals surface area contributed by atoms with E-state index in [-0.39, 0.29) is 0 Å². The summed E-state index contributed by atoms with van der Waals surface area (Å²) in [5, 5.41) is 3.24. The van der Waals surface area contributed by atoms with Crippen LogP contribution in [0, 0.1) is 4.54 Å². The third-order valence-electron chi connectivity index (χ3n) is 0.183. The average Bonchev–Trinajstić information content (AvgIpc) is 1.37. The molecule has 2 heteroatoms. The highest BCUT2D eigenvalue weighted by atomic mass is 16.5. The van der Waals surface area contributed by atoms with Gasteiger partial charge in [0.05, 0.1) is 0 Å². The van der Waals surface area contributed by atoms with Crippen molar-refractivity contribution >= 4 is 0 Å². The second kappa shape index (κ2) is 2.60. The van der Waals surface area contributed by atoms with Crippen LogP contribution in [0.15, 0.2) is 5.18 Å². The molecule has 0 atom stereocenters. The molecule has 0 saturated heterocycles. The van der Waals surface area contributed by atoms with E-state index in [0.717, 1.165) is 0 Å². The van der Waals surface area contributed by atoms with E-state index in [0.29, 0.717) is 0 Å². The van der Waals surface area contributed by atoms with Crippen molar-refractivity contribution in [3.8, 4) is 0 Å². The smallest absolute Gasteiger partial charge is 0.126 e. The van der Waals surface area contributed by atoms with Crippen LogP contribution in [0.2, 0.25) is 0 Å². The van der Waals surface area contributed by atoms with Gasteiger partial charge in [0, 0.05) is 0 Å². The summed E-state index contributed by atoms with van der Waals surface area (Å²) in [4.78, 5) is 0. The maximum Gasteiger partial charge on any atom is 0.297 e. The summed E-state index contributed by atoms with van der Waals surface area (Å²) < 4.78 is 4.17. The third-order valence-corrected chi connectivity index (χ3v) is 0.183. The lowest BCUT2D eigenvalue weighted by molar-refractivity contribution is 1.34. The van der Waals surface area contributed by atoms with Crippen molar-refractivity contribution in [2.24, 2.45) is 5.18 Å². The van der Waals surface area contributed by atoms with E-state index in [9.17, 15) is 0 Å². The molecular formula is C2H6NO+. The number of nitroso groups, excluding NO2 is 1. The highest BCUT2D eigenvalue weighted by Crippen LogP contribution is 1.43. The van der Waals surface area contributed by atoms with Gasteiger partial charge < -0.3 is 0 Å². The van der Waals surface area contributed by atoms with E-state index in [2.05, 4.69) is 9.71 Å². The van der Waals surface area contributed by atoms with E-state index in [4.69, 9.17) is 0 Å². The van der Waals surface area contributed by atoms with Gasteiger partial charge in [-0.05, 0) is 0 Å². The highest BCUT2D eigenvalue weighted by molar-refractivity contribution is 4.37. The standard InChI is InChI=1S/C2H6NO/c1-3-4-2/h1-2H3/q+1. The van der Waals surface area contributed by atoms with Gasteiger partial charge in [0.2, 0.25) is 0 Å². The Kier molecular flexibility index (Phi) is 2.34. The second-order valence-corrected chi connectivity index (χ2v) is 0.365. The first kappa shape index (κ1) is 3.60. The Bertz CT molecular complexity index is 21.2. The van der Waals surface area contributed by atoms with Crippen molar-refractivity contribution in [1.82, 2.24) is 0 Å². The summed E-state index contributed by atoms with van der Waals surface area (Å²) in [7, 11) is 3.10. The molecule has 2 nitrogen and oxygen atoms in total. The molecule has 0 fully saturated rings. The summed E-state index contributed by atoms with van der Waals surface area (Å²) in [6, 6.07) is 0. The Morgan fingerprint density at radius 2 is 2.00 bits per heavy atom. The third kappa shape index (κ3) is 1.60. The molecule has 0 saturated carbocycles. The van der Waals surface area contributed by atoms with Gasteiger partial charge in [-0.15, -0.1) is 4.54 Å². The number of hydrogen-bond acceptors (Lipinski definition) is 1. The van der Waals surface area contributed by atoms with Crippen LogP contribution in [0.3, 0.4) is 0 Å². The molecule has 4 heavy (non-hydrogen) atoms. The van der Waals surface area contributed by atoms with Crippen molar-refractivity contribution in [2.75, 3.05) is 14.2 Å². The lowest BCUT2D eigenvalue weighted by Gasteiger charge is -1.36. The van der Waals surface area contributed by atoms with Gasteiger partial charge in [0.15, 0.2) is 0 Å². The zero-order valence-corrected chi connectivity index (χ0v) is 2.86. The Labute approximate surface area is 25.1 Å². The predicted octanol–water partition coefficient (Wildman–Crippen LogP) is 0.548. The monoisotopic (exact) mass is 60.0 g/mol. The molecule has 0 heterocycles. The molecule has 0 aliphatic carbocycles. The lowest BCUT2D eigenvalue weighted by Crippen LogP contribution is -1.42. The molecule has 0 aromatic rings. The van der Waals surface area contributed by atoms with Crippen LogP contribution in [-0.2, 0) is 0 Å². The highest BCUT2D eigenvalue weighted by Gasteiger charge is 1.49. The molecule has 24 valence electrons. The molecule has 0 bridgehead atoms. The average molecular weight is 60.1 g/mol. The van der Waals surface area contributed by atoms with Gasteiger partial charge >= 0.3 is 0 Å². The maximum absolute atomic E-state index is 4.17. The van der Waals surface area contributed by atoms with Gasteiger partial charge in [0.25, 0.3) is 7.11 Å². The maximum atomic E-state index is 4.17. The summed E-state index contributed by atoms with van der Waals surface area (Å²) in [6.45, 7) is 0. The van der Waals surface area contributed by atoms with E-state index in [1.807, 2.05) is 0 Å². The van der Waals surface area contributed by atoms with Crippen LogP contribution in [0.25, 0.3) is 0 Å². The van der Waals surface area contributed by atoms with Gasteiger partial charge in [-0.3, -0.25) is 0 Å². The summed E-state index contributed by atoms with van der Waals surface area (Å²) in [5.41, 5.74) is 0. The first-order chi connectivity index (χ1) is 1.91. The Balaban J connectivity index is 2.55. The normalized spacial score (nSPS) is 9.50. The minimum atomic E-state index is 1.51. The number of hydrogen-bond donors (Lipinski definition) is 0. The number of nitrogens with zero attached hydrogens (tertiary/aromatic N) is 1. The Morgan fingerprint density at radius 3 is 2.00 bits per heavy atom. The zero-order chi connectivity index (χ0) is 3.41. The fourth-order valence-corrected chi connectivity index (χ4v) is 0. The van der Waals surface area contributed by atoms with Crippen LogP contribution in [0.5, 0.6) is 0 Å². The molecule has 0 aromatic carbocycles. The van der Waals surface area contributed by atoms with Gasteiger partial charge in [0.1, 0.15) is 12.2 Å². The summed E-state index contributed by atoms with van der Waals surface area (Å²) in [6.07, 6.45) is 0. The van der Waals surface area contributed by atoms with Gasteiger partial charge in [-0.25, -0.2) is 0 Å². The molecule has 0 spiro atoms. The molecule has 0 unspecified atom stereocenters. The largest absolute Gasteiger partial charge is 0.297 e. The molecule has 0 aromatic heterocycles. The quantitative estimate of drug-likeness (QED) is 0.364. The van der Waals surface area contributed by atoms with Crippen molar-refractivity contribution in [1.29, 1.82) is 0 Å². The van der Waals surface area contributed by atoms with Crippen LogP contribution in [-0.4, -0.2) is 14.2 Å². The van der Waals surface area contributed by atoms with Gasteiger partial charge in [-0.1, -0.05) is 0 Å². The predicted molar refractivity (Wildman–Crippen MR) is 17.6 cm³/mol. The van der Waals surface area contributed by atoms with Crippen molar-refractivity contribution < 1.29 is 0 Å². The van der Waals surface area contributed by atoms with Crippen LogP contribution in [0.1, 0.15) is 0 Å². The molecule has 0 aliphatic heterocycles. The van der Waals surface area contributed by atoms with Gasteiger partial charge in [-0.2, -0.15) is 0 Å². The summed E-state index contributed by atoms with van der Waals surface area (Å²) >= 11 is 0. The zero-order valence-electron chi connectivity index (χ0n) is 2.86. The number of rotatable bonds is 0. The van der Waals surface area contributed by atoms with Crippen molar-refractivity contribution in [2.45, 2.75) is 0 Å². The lowest BCUT2D eigenvalue weighted by atomic mass is 11.6. The minimum absolute atomic E-state index is 1.51. The molecular weight excluding hydrogens is 54.0 g/mol. The SMILES string of the molecule is CN=[O+]C. The fraction of sp³-hybridized carbons (Fsp3) is 1.00. The Hall–Kier alpha value is -0.400. The topological polar surface area (TPSA) is 23.7 Å². The Morgan fingerprint density at radius 1 is 1.75 bits per heavy atom. The van der Waals surface area contributed by atoms with E-state index in [1.165, 1.54) is 7.11 Å². The molecule has 0 N–H and O–H groups in total. The molecule has 0 rings (SSSR count). The fourth-order valence-electron chi connectivity index (χ4n) is 0. The molecule has 0 radical (unpaired) electrons. The van der Waals surface area contributed by atoms with Crippen LogP contribution in [0.4, 0.5) is 0 Å². The molecule has 0 aliphatic rings. The van der Waals surface area contributed by atoms with Crippen LogP contribution < -0.4 is 0 Å². The van der Waals surface area contributed by atoms with E-state index >= 15 is 0 Å².